The summed E-state index contributed by atoms with van der Waals surface area (Å²) in [6, 6.07) is 18.7. The highest BCUT2D eigenvalue weighted by molar-refractivity contribution is 7.99. The number of hydrogen-bond acceptors (Lipinski definition) is 2. The molecule has 0 spiro atoms. The van der Waals surface area contributed by atoms with Crippen molar-refractivity contribution in [1.82, 2.24) is 0 Å². The minimum Gasteiger partial charge on any atom is -0.478 e. The smallest absolute Gasteiger partial charge is 0.336 e. The van der Waals surface area contributed by atoms with E-state index in [1.807, 2.05) is 54.6 Å². The van der Waals surface area contributed by atoms with E-state index in [0.717, 1.165) is 20.6 Å². The third kappa shape index (κ3) is 2.89. The Bertz CT molecular complexity index is 813. The monoisotopic (exact) mass is 314 g/mol. The summed E-state index contributed by atoms with van der Waals surface area (Å²) in [5.74, 6) is -0.908. The van der Waals surface area contributed by atoms with Crippen molar-refractivity contribution in [3.05, 3.63) is 71.2 Å². The van der Waals surface area contributed by atoms with Crippen LogP contribution in [-0.2, 0) is 0 Å². The number of halogens is 1. The number of fused-ring (bicyclic) bond motifs is 1. The molecule has 4 heteroatoms. The van der Waals surface area contributed by atoms with Crippen molar-refractivity contribution in [2.75, 3.05) is 0 Å². The summed E-state index contributed by atoms with van der Waals surface area (Å²) in [4.78, 5) is 13.4. The second-order valence-electron chi connectivity index (χ2n) is 4.52. The van der Waals surface area contributed by atoms with Crippen LogP contribution < -0.4 is 0 Å². The number of hydrogen-bond donors (Lipinski definition) is 1. The summed E-state index contributed by atoms with van der Waals surface area (Å²) in [5.41, 5.74) is 0.325. The molecule has 2 nitrogen and oxygen atoms in total. The molecular weight excluding hydrogens is 304 g/mol. The zero-order chi connectivity index (χ0) is 14.8. The molecular formula is C17H11ClO2S. The Kier molecular flexibility index (Phi) is 3.86. The molecule has 0 saturated carbocycles. The van der Waals surface area contributed by atoms with Gasteiger partial charge in [-0.1, -0.05) is 47.6 Å². The summed E-state index contributed by atoms with van der Waals surface area (Å²) in [6.07, 6.45) is 0. The molecule has 0 amide bonds. The molecule has 21 heavy (non-hydrogen) atoms. The first-order chi connectivity index (χ1) is 10.1. The van der Waals surface area contributed by atoms with Crippen molar-refractivity contribution in [2.45, 2.75) is 9.79 Å². The Morgan fingerprint density at radius 2 is 1.57 bits per heavy atom. The molecule has 0 bridgehead atoms. The van der Waals surface area contributed by atoms with E-state index in [-0.39, 0.29) is 0 Å². The number of benzene rings is 3. The third-order valence-corrected chi connectivity index (χ3v) is 4.49. The maximum Gasteiger partial charge on any atom is 0.336 e. The van der Waals surface area contributed by atoms with Gasteiger partial charge in [0.15, 0.2) is 0 Å². The van der Waals surface area contributed by atoms with Crippen LogP contribution in [0.2, 0.25) is 5.02 Å². The van der Waals surface area contributed by atoms with Gasteiger partial charge in [0.1, 0.15) is 0 Å². The molecule has 3 aromatic rings. The Balaban J connectivity index is 2.09. The molecule has 0 saturated heterocycles. The fraction of sp³-hybridized carbons (Fsp3) is 0. The van der Waals surface area contributed by atoms with Gasteiger partial charge in [-0.05, 0) is 47.2 Å². The molecule has 0 fully saturated rings. The van der Waals surface area contributed by atoms with Gasteiger partial charge >= 0.3 is 5.97 Å². The molecule has 0 heterocycles. The van der Waals surface area contributed by atoms with Crippen molar-refractivity contribution in [2.24, 2.45) is 0 Å². The standard InChI is InChI=1S/C17H11ClO2S/c18-11-5-7-12(8-6-11)21-16-10-9-15(17(19)20)13-3-1-2-4-14(13)16/h1-10H,(H,19,20). The number of rotatable bonds is 3. The molecule has 104 valence electrons. The minimum absolute atomic E-state index is 0.325. The molecule has 0 radical (unpaired) electrons. The molecule has 0 unspecified atom stereocenters. The average Bonchev–Trinajstić information content (AvgIpc) is 2.49. The molecule has 1 N–H and O–H groups in total. The van der Waals surface area contributed by atoms with Crippen molar-refractivity contribution in [3.63, 3.8) is 0 Å². The predicted octanol–water partition coefficient (Wildman–Crippen LogP) is 5.34. The van der Waals surface area contributed by atoms with Crippen LogP contribution in [0.1, 0.15) is 10.4 Å². The SMILES string of the molecule is O=C(O)c1ccc(Sc2ccc(Cl)cc2)c2ccccc12. The van der Waals surface area contributed by atoms with Crippen molar-refractivity contribution >= 4 is 40.1 Å². The van der Waals surface area contributed by atoms with Gasteiger partial charge < -0.3 is 5.11 Å². The van der Waals surface area contributed by atoms with Crippen LogP contribution in [0.3, 0.4) is 0 Å². The number of aromatic carboxylic acids is 1. The highest BCUT2D eigenvalue weighted by Crippen LogP contribution is 2.35. The van der Waals surface area contributed by atoms with Gasteiger partial charge in [-0.3, -0.25) is 0 Å². The normalized spacial score (nSPS) is 10.7. The first-order valence-corrected chi connectivity index (χ1v) is 7.53. The minimum atomic E-state index is -0.908. The quantitative estimate of drug-likeness (QED) is 0.708. The van der Waals surface area contributed by atoms with Crippen LogP contribution in [0.25, 0.3) is 10.8 Å². The van der Waals surface area contributed by atoms with Gasteiger partial charge in [-0.2, -0.15) is 0 Å². The van der Waals surface area contributed by atoms with Crippen LogP contribution in [0.4, 0.5) is 0 Å². The van der Waals surface area contributed by atoms with Gasteiger partial charge in [0, 0.05) is 14.8 Å². The van der Waals surface area contributed by atoms with Gasteiger partial charge in [-0.25, -0.2) is 4.79 Å². The van der Waals surface area contributed by atoms with Crippen LogP contribution in [0.15, 0.2) is 70.5 Å². The van der Waals surface area contributed by atoms with Crippen molar-refractivity contribution in [1.29, 1.82) is 0 Å². The zero-order valence-corrected chi connectivity index (χ0v) is 12.5. The third-order valence-electron chi connectivity index (χ3n) is 3.16. The van der Waals surface area contributed by atoms with Gasteiger partial charge in [-0.15, -0.1) is 0 Å². The van der Waals surface area contributed by atoms with Gasteiger partial charge in [0.25, 0.3) is 0 Å². The van der Waals surface area contributed by atoms with E-state index >= 15 is 0 Å². The summed E-state index contributed by atoms with van der Waals surface area (Å²) >= 11 is 7.49. The average molecular weight is 315 g/mol. The lowest BCUT2D eigenvalue weighted by Gasteiger charge is -2.09. The molecule has 3 rings (SSSR count). The first kappa shape index (κ1) is 14.0. The zero-order valence-electron chi connectivity index (χ0n) is 10.9. The van der Waals surface area contributed by atoms with Crippen LogP contribution >= 0.6 is 23.4 Å². The second-order valence-corrected chi connectivity index (χ2v) is 6.07. The Morgan fingerprint density at radius 3 is 2.24 bits per heavy atom. The van der Waals surface area contributed by atoms with Crippen molar-refractivity contribution in [3.8, 4) is 0 Å². The molecule has 0 aliphatic carbocycles. The van der Waals surface area contributed by atoms with Crippen molar-refractivity contribution < 1.29 is 9.90 Å². The lowest BCUT2D eigenvalue weighted by molar-refractivity contribution is 0.0699. The summed E-state index contributed by atoms with van der Waals surface area (Å²) in [5, 5.41) is 11.7. The van der Waals surface area contributed by atoms with Gasteiger partial charge in [0.2, 0.25) is 0 Å². The van der Waals surface area contributed by atoms with E-state index in [9.17, 15) is 9.90 Å². The lowest BCUT2D eigenvalue weighted by Crippen LogP contribution is -1.97. The topological polar surface area (TPSA) is 37.3 Å². The highest BCUT2D eigenvalue weighted by Gasteiger charge is 2.11. The molecule has 3 aromatic carbocycles. The van der Waals surface area contributed by atoms with E-state index in [0.29, 0.717) is 10.6 Å². The summed E-state index contributed by atoms with van der Waals surface area (Å²) in [7, 11) is 0. The van der Waals surface area contributed by atoms with Gasteiger partial charge in [0.05, 0.1) is 5.56 Å². The predicted molar refractivity (Wildman–Crippen MR) is 86.5 cm³/mol. The van der Waals surface area contributed by atoms with Crippen LogP contribution in [-0.4, -0.2) is 11.1 Å². The second kappa shape index (κ2) is 5.80. The number of carboxylic acid groups (broad SMARTS) is 1. The lowest BCUT2D eigenvalue weighted by atomic mass is 10.0. The first-order valence-electron chi connectivity index (χ1n) is 6.33. The van der Waals surface area contributed by atoms with E-state index in [4.69, 9.17) is 11.6 Å². The van der Waals surface area contributed by atoms with E-state index in [1.165, 1.54) is 0 Å². The maximum absolute atomic E-state index is 11.3. The molecule has 0 aliphatic heterocycles. The largest absolute Gasteiger partial charge is 0.478 e. The van der Waals surface area contributed by atoms with E-state index < -0.39 is 5.97 Å². The van der Waals surface area contributed by atoms with Crippen LogP contribution in [0, 0.1) is 0 Å². The molecule has 0 aromatic heterocycles. The van der Waals surface area contributed by atoms with E-state index in [2.05, 4.69) is 0 Å². The Morgan fingerprint density at radius 1 is 0.905 bits per heavy atom. The Hall–Kier alpha value is -1.97. The molecule has 0 atom stereocenters. The fourth-order valence-corrected chi connectivity index (χ4v) is 3.25. The molecule has 0 aliphatic rings. The maximum atomic E-state index is 11.3. The number of carbonyl (C=O) groups is 1. The van der Waals surface area contributed by atoms with E-state index in [1.54, 1.807) is 17.8 Å². The summed E-state index contributed by atoms with van der Waals surface area (Å²) in [6.45, 7) is 0. The fourth-order valence-electron chi connectivity index (χ4n) is 2.18. The van der Waals surface area contributed by atoms with Crippen LogP contribution in [0.5, 0.6) is 0 Å². The Labute approximate surface area is 131 Å². The number of carboxylic acids is 1. The summed E-state index contributed by atoms with van der Waals surface area (Å²) < 4.78 is 0. The highest BCUT2D eigenvalue weighted by atomic mass is 35.5.